The van der Waals surface area contributed by atoms with Crippen LogP contribution in [0.25, 0.3) is 0 Å². The highest BCUT2D eigenvalue weighted by atomic mass is 16.5. The van der Waals surface area contributed by atoms with Gasteiger partial charge in [-0.15, -0.1) is 0 Å². The summed E-state index contributed by atoms with van der Waals surface area (Å²) in [5.41, 5.74) is 2.22. The third-order valence-electron chi connectivity index (χ3n) is 5.42. The van der Waals surface area contributed by atoms with E-state index in [1.807, 2.05) is 47.0 Å². The molecule has 0 spiro atoms. The van der Waals surface area contributed by atoms with Crippen LogP contribution >= 0.6 is 0 Å². The number of esters is 1. The summed E-state index contributed by atoms with van der Waals surface area (Å²) in [6.45, 7) is 4.16. The van der Waals surface area contributed by atoms with E-state index in [4.69, 9.17) is 4.74 Å². The molecule has 0 bridgehead atoms. The van der Waals surface area contributed by atoms with E-state index < -0.39 is 0 Å². The number of benzene rings is 1. The number of hydrogen-bond donors (Lipinski definition) is 0. The fraction of sp³-hybridized carbons (Fsp3) is 0.429. The van der Waals surface area contributed by atoms with Crippen molar-refractivity contribution in [2.24, 2.45) is 0 Å². The zero-order valence-electron chi connectivity index (χ0n) is 14.9. The smallest absolute Gasteiger partial charge is 0.315 e. The van der Waals surface area contributed by atoms with Crippen molar-refractivity contribution in [3.05, 3.63) is 59.4 Å². The second-order valence-corrected chi connectivity index (χ2v) is 7.05. The Labute approximate surface area is 153 Å². The highest BCUT2D eigenvalue weighted by Crippen LogP contribution is 2.32. The van der Waals surface area contributed by atoms with Crippen LogP contribution in [0, 0.1) is 0 Å². The molecule has 5 heteroatoms. The van der Waals surface area contributed by atoms with Gasteiger partial charge in [0.15, 0.2) is 0 Å². The van der Waals surface area contributed by atoms with E-state index in [1.54, 1.807) is 0 Å². The molecule has 0 radical (unpaired) electrons. The second kappa shape index (κ2) is 7.46. The van der Waals surface area contributed by atoms with E-state index in [9.17, 15) is 9.59 Å². The summed E-state index contributed by atoms with van der Waals surface area (Å²) in [5, 5.41) is 0. The van der Waals surface area contributed by atoms with Crippen molar-refractivity contribution in [2.75, 3.05) is 26.2 Å². The van der Waals surface area contributed by atoms with Crippen LogP contribution in [0.2, 0.25) is 0 Å². The molecule has 4 rings (SSSR count). The van der Waals surface area contributed by atoms with Crippen molar-refractivity contribution in [3.8, 4) is 0 Å². The first-order valence-electron chi connectivity index (χ1n) is 9.42. The molecule has 136 valence electrons. The third-order valence-corrected chi connectivity index (χ3v) is 5.42. The van der Waals surface area contributed by atoms with Crippen LogP contribution in [0.1, 0.15) is 46.9 Å². The number of carbonyl (C=O) groups is 2. The standard InChI is InChI=1S/C21H24N2O3/c24-20(16-6-2-1-3-7-16)19-9-8-18-17(10-13-23(18)19)21(25)26-15-14-22-11-4-5-12-22/h1-3,6-9,17H,4-5,10-15H2. The predicted octanol–water partition coefficient (Wildman–Crippen LogP) is 2.85. The number of ketones is 1. The maximum atomic E-state index is 12.7. The number of fused-ring (bicyclic) bond motifs is 1. The Morgan fingerprint density at radius 3 is 2.54 bits per heavy atom. The Balaban J connectivity index is 1.41. The molecule has 26 heavy (non-hydrogen) atoms. The summed E-state index contributed by atoms with van der Waals surface area (Å²) in [4.78, 5) is 27.5. The van der Waals surface area contributed by atoms with Crippen LogP contribution in [0.15, 0.2) is 42.5 Å². The highest BCUT2D eigenvalue weighted by Gasteiger charge is 2.33. The zero-order valence-corrected chi connectivity index (χ0v) is 14.9. The molecule has 1 atom stereocenters. The minimum atomic E-state index is -0.258. The molecule has 1 unspecified atom stereocenters. The average molecular weight is 352 g/mol. The average Bonchev–Trinajstić information content (AvgIpc) is 3.39. The van der Waals surface area contributed by atoms with Crippen molar-refractivity contribution < 1.29 is 14.3 Å². The molecule has 1 aromatic carbocycles. The summed E-state index contributed by atoms with van der Waals surface area (Å²) < 4.78 is 7.49. The summed E-state index contributed by atoms with van der Waals surface area (Å²) in [6, 6.07) is 13.0. The Bertz CT molecular complexity index is 791. The van der Waals surface area contributed by atoms with Gasteiger partial charge in [-0.05, 0) is 44.5 Å². The van der Waals surface area contributed by atoms with E-state index in [2.05, 4.69) is 4.90 Å². The molecule has 1 saturated heterocycles. The number of likely N-dealkylation sites (tertiary alicyclic amines) is 1. The number of ether oxygens (including phenoxy) is 1. The first kappa shape index (κ1) is 17.0. The van der Waals surface area contributed by atoms with Gasteiger partial charge < -0.3 is 9.30 Å². The van der Waals surface area contributed by atoms with E-state index >= 15 is 0 Å². The molecular weight excluding hydrogens is 328 g/mol. The van der Waals surface area contributed by atoms with E-state index in [1.165, 1.54) is 12.8 Å². The lowest BCUT2D eigenvalue weighted by Gasteiger charge is -2.15. The van der Waals surface area contributed by atoms with Crippen molar-refractivity contribution in [3.63, 3.8) is 0 Å². The lowest BCUT2D eigenvalue weighted by molar-refractivity contribution is -0.145. The van der Waals surface area contributed by atoms with Gasteiger partial charge in [-0.25, -0.2) is 0 Å². The van der Waals surface area contributed by atoms with Crippen LogP contribution < -0.4 is 0 Å². The van der Waals surface area contributed by atoms with Crippen LogP contribution in [0.4, 0.5) is 0 Å². The minimum Gasteiger partial charge on any atom is -0.464 e. The van der Waals surface area contributed by atoms with Gasteiger partial charge >= 0.3 is 5.97 Å². The zero-order chi connectivity index (χ0) is 17.9. The number of aromatic nitrogens is 1. The summed E-state index contributed by atoms with van der Waals surface area (Å²) in [5.74, 6) is -0.425. The quantitative estimate of drug-likeness (QED) is 0.593. The molecule has 0 N–H and O–H groups in total. The van der Waals surface area contributed by atoms with Gasteiger partial charge in [0.05, 0.1) is 11.6 Å². The fourth-order valence-corrected chi connectivity index (χ4v) is 4.00. The fourth-order valence-electron chi connectivity index (χ4n) is 4.00. The number of nitrogens with zero attached hydrogens (tertiary/aromatic N) is 2. The largest absolute Gasteiger partial charge is 0.464 e. The molecule has 0 aliphatic carbocycles. The molecule has 1 aromatic heterocycles. The van der Waals surface area contributed by atoms with E-state index in [0.717, 1.165) is 25.3 Å². The Kier molecular flexibility index (Phi) is 4.89. The lowest BCUT2D eigenvalue weighted by atomic mass is 10.1. The Morgan fingerprint density at radius 1 is 1.00 bits per heavy atom. The van der Waals surface area contributed by atoms with Crippen LogP contribution in [0.5, 0.6) is 0 Å². The van der Waals surface area contributed by atoms with Gasteiger partial charge in [-0.1, -0.05) is 30.3 Å². The highest BCUT2D eigenvalue weighted by molar-refractivity contribution is 6.08. The minimum absolute atomic E-state index is 0.0000919. The number of rotatable bonds is 6. The van der Waals surface area contributed by atoms with Gasteiger partial charge in [0.2, 0.25) is 5.78 Å². The predicted molar refractivity (Wildman–Crippen MR) is 98.3 cm³/mol. The Morgan fingerprint density at radius 2 is 1.77 bits per heavy atom. The van der Waals surface area contributed by atoms with Gasteiger partial charge in [-0.2, -0.15) is 0 Å². The number of carbonyl (C=O) groups excluding carboxylic acids is 2. The van der Waals surface area contributed by atoms with Crippen LogP contribution in [0.3, 0.4) is 0 Å². The van der Waals surface area contributed by atoms with Gasteiger partial charge in [0.1, 0.15) is 6.61 Å². The first-order chi connectivity index (χ1) is 12.7. The first-order valence-corrected chi connectivity index (χ1v) is 9.42. The van der Waals surface area contributed by atoms with Crippen LogP contribution in [-0.4, -0.2) is 47.5 Å². The Hall–Kier alpha value is -2.40. The molecule has 2 aliphatic heterocycles. The lowest BCUT2D eigenvalue weighted by Crippen LogP contribution is -2.26. The van der Waals surface area contributed by atoms with Crippen molar-refractivity contribution >= 4 is 11.8 Å². The summed E-state index contributed by atoms with van der Waals surface area (Å²) in [7, 11) is 0. The summed E-state index contributed by atoms with van der Waals surface area (Å²) in [6.07, 6.45) is 3.18. The normalized spacial score (nSPS) is 19.5. The molecule has 3 heterocycles. The van der Waals surface area contributed by atoms with Crippen molar-refractivity contribution in [1.82, 2.24) is 9.47 Å². The SMILES string of the molecule is O=C(c1ccccc1)c1ccc2n1CCC2C(=O)OCCN1CCCC1. The molecule has 2 aromatic rings. The van der Waals surface area contributed by atoms with Gasteiger partial charge in [0.25, 0.3) is 0 Å². The molecule has 0 saturated carbocycles. The number of hydrogen-bond acceptors (Lipinski definition) is 4. The maximum absolute atomic E-state index is 12.7. The van der Waals surface area contributed by atoms with Gasteiger partial charge in [-0.3, -0.25) is 14.5 Å². The van der Waals surface area contributed by atoms with Crippen LogP contribution in [-0.2, 0) is 16.1 Å². The molecule has 5 nitrogen and oxygen atoms in total. The van der Waals surface area contributed by atoms with E-state index in [0.29, 0.717) is 30.8 Å². The molecule has 1 fully saturated rings. The third kappa shape index (κ3) is 3.31. The molecule has 0 amide bonds. The topological polar surface area (TPSA) is 51.5 Å². The maximum Gasteiger partial charge on any atom is 0.315 e. The second-order valence-electron chi connectivity index (χ2n) is 7.05. The monoisotopic (exact) mass is 352 g/mol. The van der Waals surface area contributed by atoms with E-state index in [-0.39, 0.29) is 17.7 Å². The molecule has 2 aliphatic rings. The van der Waals surface area contributed by atoms with Gasteiger partial charge in [0, 0.05) is 24.3 Å². The van der Waals surface area contributed by atoms with Crippen molar-refractivity contribution in [2.45, 2.75) is 31.7 Å². The summed E-state index contributed by atoms with van der Waals surface area (Å²) >= 11 is 0. The molecular formula is C21H24N2O3. The van der Waals surface area contributed by atoms with Crippen molar-refractivity contribution in [1.29, 1.82) is 0 Å².